The van der Waals surface area contributed by atoms with E-state index in [0.717, 1.165) is 22.5 Å². The summed E-state index contributed by atoms with van der Waals surface area (Å²) in [5.74, 6) is -1.22. The maximum atomic E-state index is 13.8. The maximum Gasteiger partial charge on any atom is 0.292 e. The highest BCUT2D eigenvalue weighted by Gasteiger charge is 2.40. The van der Waals surface area contributed by atoms with E-state index in [2.05, 4.69) is 0 Å². The predicted molar refractivity (Wildman–Crippen MR) is 76.2 cm³/mol. The lowest BCUT2D eigenvalue weighted by molar-refractivity contribution is -0.388. The van der Waals surface area contributed by atoms with E-state index >= 15 is 0 Å². The van der Waals surface area contributed by atoms with Gasteiger partial charge in [-0.1, -0.05) is 13.0 Å². The number of nitrogens with two attached hydrogens (primary N) is 1. The third kappa shape index (κ3) is 3.15. The summed E-state index contributed by atoms with van der Waals surface area (Å²) in [6.45, 7) is 1.92. The van der Waals surface area contributed by atoms with Gasteiger partial charge in [0, 0.05) is 25.2 Å². The monoisotopic (exact) mass is 339 g/mol. The average Bonchev–Trinajstić information content (AvgIpc) is 2.69. The highest BCUT2D eigenvalue weighted by molar-refractivity contribution is 7.89. The van der Waals surface area contributed by atoms with E-state index in [-0.39, 0.29) is 37.5 Å². The topological polar surface area (TPSA) is 107 Å². The lowest BCUT2D eigenvalue weighted by Gasteiger charge is -2.16. The van der Waals surface area contributed by atoms with Gasteiger partial charge in [0.2, 0.25) is 0 Å². The second kappa shape index (κ2) is 6.22. The molecule has 0 amide bonds. The molecule has 1 heterocycles. The van der Waals surface area contributed by atoms with E-state index in [1.165, 1.54) is 0 Å². The molecule has 1 aromatic carbocycles. The average molecular weight is 340 g/mol. The van der Waals surface area contributed by atoms with Gasteiger partial charge in [0.1, 0.15) is 5.82 Å². The Morgan fingerprint density at radius 1 is 1.43 bits per heavy atom. The summed E-state index contributed by atoms with van der Waals surface area (Å²) in [7, 11) is -4.27. The van der Waals surface area contributed by atoms with Gasteiger partial charge in [0.15, 0.2) is 4.90 Å². The van der Waals surface area contributed by atoms with E-state index in [9.17, 15) is 22.9 Å². The van der Waals surface area contributed by atoms with E-state index in [4.69, 9.17) is 5.73 Å². The van der Waals surface area contributed by atoms with Gasteiger partial charge < -0.3 is 5.73 Å². The Kier molecular flexibility index (Phi) is 5.26. The number of nitro groups is 1. The van der Waals surface area contributed by atoms with E-state index in [1.54, 1.807) is 6.92 Å². The van der Waals surface area contributed by atoms with Crippen molar-refractivity contribution in [3.8, 4) is 0 Å². The molecule has 0 bridgehead atoms. The fourth-order valence-corrected chi connectivity index (χ4v) is 3.95. The summed E-state index contributed by atoms with van der Waals surface area (Å²) in [5.41, 5.74) is 4.98. The van der Waals surface area contributed by atoms with Gasteiger partial charge in [0.25, 0.3) is 15.7 Å². The van der Waals surface area contributed by atoms with Crippen molar-refractivity contribution in [2.24, 2.45) is 11.7 Å². The first-order chi connectivity index (χ1) is 9.25. The molecular weight excluding hydrogens is 325 g/mol. The molecule has 1 aliphatic rings. The highest BCUT2D eigenvalue weighted by atomic mass is 35.5. The second-order valence-electron chi connectivity index (χ2n) is 4.81. The Hall–Kier alpha value is -1.29. The normalized spacial score (nSPS) is 22.8. The number of hydrogen-bond donors (Lipinski definition) is 1. The fraction of sp³-hybridized carbons (Fsp3) is 0.455. The van der Waals surface area contributed by atoms with Gasteiger partial charge in [-0.2, -0.15) is 4.31 Å². The third-order valence-corrected chi connectivity index (χ3v) is 5.28. The van der Waals surface area contributed by atoms with Gasteiger partial charge in [-0.05, 0) is 12.0 Å². The number of hydrogen-bond acceptors (Lipinski definition) is 5. The highest BCUT2D eigenvalue weighted by Crippen LogP contribution is 2.31. The van der Waals surface area contributed by atoms with Crippen molar-refractivity contribution in [1.82, 2.24) is 4.31 Å². The first-order valence-corrected chi connectivity index (χ1v) is 7.37. The van der Waals surface area contributed by atoms with Crippen molar-refractivity contribution in [1.29, 1.82) is 0 Å². The quantitative estimate of drug-likeness (QED) is 0.656. The summed E-state index contributed by atoms with van der Waals surface area (Å²) in [4.78, 5) is 9.09. The molecule has 1 fully saturated rings. The van der Waals surface area contributed by atoms with Crippen LogP contribution in [0, 0.1) is 21.8 Å². The molecule has 2 unspecified atom stereocenters. The molecule has 1 aromatic rings. The van der Waals surface area contributed by atoms with Crippen LogP contribution >= 0.6 is 12.4 Å². The summed E-state index contributed by atoms with van der Waals surface area (Å²) in [5, 5.41) is 10.9. The zero-order valence-corrected chi connectivity index (χ0v) is 12.7. The molecule has 1 saturated heterocycles. The Labute approximate surface area is 127 Å². The van der Waals surface area contributed by atoms with Crippen LogP contribution in [-0.2, 0) is 10.0 Å². The van der Waals surface area contributed by atoms with Gasteiger partial charge in [-0.25, -0.2) is 12.8 Å². The molecule has 2 N–H and O–H groups in total. The molecule has 21 heavy (non-hydrogen) atoms. The predicted octanol–water partition coefficient (Wildman–Crippen LogP) is 1.12. The standard InChI is InChI=1S/C11H14FN3O4S.ClH/c1-7-5-14(6-9(7)13)20(18,19)11-8(12)3-2-4-10(11)15(16)17;/h2-4,7,9H,5-6,13H2,1H3;1H. The Morgan fingerprint density at radius 2 is 2.05 bits per heavy atom. The van der Waals surface area contributed by atoms with E-state index in [1.807, 2.05) is 0 Å². The Balaban J connectivity index is 0.00000220. The molecule has 1 aliphatic heterocycles. The molecule has 7 nitrogen and oxygen atoms in total. The van der Waals surface area contributed by atoms with Crippen LogP contribution in [0.4, 0.5) is 10.1 Å². The van der Waals surface area contributed by atoms with Crippen LogP contribution in [0.5, 0.6) is 0 Å². The Morgan fingerprint density at radius 3 is 2.52 bits per heavy atom. The number of benzene rings is 1. The fourth-order valence-electron chi connectivity index (χ4n) is 2.17. The molecule has 10 heteroatoms. The smallest absolute Gasteiger partial charge is 0.292 e. The molecule has 0 aliphatic carbocycles. The minimum Gasteiger partial charge on any atom is -0.326 e. The maximum absolute atomic E-state index is 13.8. The molecule has 2 atom stereocenters. The van der Waals surface area contributed by atoms with Crippen molar-refractivity contribution < 1.29 is 17.7 Å². The number of sulfonamides is 1. The van der Waals surface area contributed by atoms with Gasteiger partial charge in [-0.15, -0.1) is 12.4 Å². The van der Waals surface area contributed by atoms with Crippen LogP contribution in [0.25, 0.3) is 0 Å². The molecule has 0 spiro atoms. The number of nitro benzene ring substituents is 1. The molecule has 2 rings (SSSR count). The third-order valence-electron chi connectivity index (χ3n) is 3.38. The molecule has 0 radical (unpaired) electrons. The van der Waals surface area contributed by atoms with Crippen molar-refractivity contribution >= 4 is 28.1 Å². The minimum atomic E-state index is -4.27. The van der Waals surface area contributed by atoms with Crippen LogP contribution < -0.4 is 5.73 Å². The van der Waals surface area contributed by atoms with Crippen LogP contribution in [0.15, 0.2) is 23.1 Å². The lowest BCUT2D eigenvalue weighted by atomic mass is 10.1. The van der Waals surface area contributed by atoms with Gasteiger partial charge in [0.05, 0.1) is 4.92 Å². The summed E-state index contributed by atoms with van der Waals surface area (Å²) >= 11 is 0. The van der Waals surface area contributed by atoms with Crippen LogP contribution in [0.3, 0.4) is 0 Å². The van der Waals surface area contributed by atoms with Crippen molar-refractivity contribution in [2.45, 2.75) is 17.9 Å². The zero-order valence-electron chi connectivity index (χ0n) is 11.1. The largest absolute Gasteiger partial charge is 0.326 e. The lowest BCUT2D eigenvalue weighted by Crippen LogP contribution is -2.33. The van der Waals surface area contributed by atoms with Crippen molar-refractivity contribution in [2.75, 3.05) is 13.1 Å². The van der Waals surface area contributed by atoms with Gasteiger partial charge in [-0.3, -0.25) is 10.1 Å². The van der Waals surface area contributed by atoms with E-state index < -0.39 is 31.3 Å². The summed E-state index contributed by atoms with van der Waals surface area (Å²) < 4.78 is 39.6. The number of rotatable bonds is 3. The summed E-state index contributed by atoms with van der Waals surface area (Å²) in [6.07, 6.45) is 0. The molecule has 0 saturated carbocycles. The number of halogens is 2. The molecular formula is C11H15ClFN3O4S. The second-order valence-corrected chi connectivity index (χ2v) is 6.68. The van der Waals surface area contributed by atoms with Crippen molar-refractivity contribution in [3.05, 3.63) is 34.1 Å². The van der Waals surface area contributed by atoms with Crippen molar-refractivity contribution in [3.63, 3.8) is 0 Å². The molecule has 118 valence electrons. The van der Waals surface area contributed by atoms with Crippen LogP contribution in [-0.4, -0.2) is 36.8 Å². The van der Waals surface area contributed by atoms with Crippen LogP contribution in [0.2, 0.25) is 0 Å². The number of nitrogens with zero attached hydrogens (tertiary/aromatic N) is 2. The van der Waals surface area contributed by atoms with Gasteiger partial charge >= 0.3 is 0 Å². The first-order valence-electron chi connectivity index (χ1n) is 5.93. The zero-order chi connectivity index (χ0) is 15.1. The Bertz CT molecular complexity index is 645. The minimum absolute atomic E-state index is 0. The summed E-state index contributed by atoms with van der Waals surface area (Å²) in [6, 6.07) is 2.59. The molecule has 0 aromatic heterocycles. The van der Waals surface area contributed by atoms with E-state index in [0.29, 0.717) is 0 Å². The van der Waals surface area contributed by atoms with Crippen LogP contribution in [0.1, 0.15) is 6.92 Å². The SMILES string of the molecule is CC1CN(S(=O)(=O)c2c(F)cccc2[N+](=O)[O-])CC1N.Cl. The first kappa shape index (κ1) is 17.8.